The van der Waals surface area contributed by atoms with E-state index in [0.717, 1.165) is 5.56 Å². The highest BCUT2D eigenvalue weighted by atomic mass is 32.2. The van der Waals surface area contributed by atoms with Gasteiger partial charge in [-0.1, -0.05) is 19.1 Å². The molecular formula is C14H23N3O3S. The molecule has 0 heterocycles. The van der Waals surface area contributed by atoms with Crippen LogP contribution in [0.1, 0.15) is 18.1 Å². The normalized spacial score (nSPS) is 11.7. The molecule has 0 fully saturated rings. The molecule has 0 bridgehead atoms. The molecule has 21 heavy (non-hydrogen) atoms. The number of carbonyl (C=O) groups is 1. The van der Waals surface area contributed by atoms with E-state index < -0.39 is 10.0 Å². The highest BCUT2D eigenvalue weighted by Crippen LogP contribution is 2.21. The van der Waals surface area contributed by atoms with Crippen molar-refractivity contribution in [2.24, 2.45) is 5.73 Å². The van der Waals surface area contributed by atoms with E-state index in [4.69, 9.17) is 5.73 Å². The van der Waals surface area contributed by atoms with Crippen molar-refractivity contribution in [3.8, 4) is 0 Å². The Hall–Kier alpha value is -1.44. The summed E-state index contributed by atoms with van der Waals surface area (Å²) in [6, 6.07) is 5.01. The molecule has 1 aromatic carbocycles. The lowest BCUT2D eigenvalue weighted by Crippen LogP contribution is -2.40. The fraction of sp³-hybridized carbons (Fsp3) is 0.500. The predicted molar refractivity (Wildman–Crippen MR) is 82.2 cm³/mol. The first kappa shape index (κ1) is 17.6. The summed E-state index contributed by atoms with van der Waals surface area (Å²) in [6.07, 6.45) is 0. The molecule has 0 saturated heterocycles. The highest BCUT2D eigenvalue weighted by molar-refractivity contribution is 7.89. The lowest BCUT2D eigenvalue weighted by Gasteiger charge is -2.22. The largest absolute Gasteiger partial charge is 0.348 e. The minimum Gasteiger partial charge on any atom is -0.348 e. The fourth-order valence-corrected chi connectivity index (χ4v) is 3.53. The minimum atomic E-state index is -3.69. The first-order valence-electron chi connectivity index (χ1n) is 6.74. The second kappa shape index (κ2) is 7.02. The number of amides is 1. The Balaban J connectivity index is 3.16. The van der Waals surface area contributed by atoms with Crippen LogP contribution in [0.15, 0.2) is 23.1 Å². The molecule has 1 rings (SSSR count). The summed E-state index contributed by atoms with van der Waals surface area (Å²) in [5, 5.41) is 0. The van der Waals surface area contributed by atoms with Crippen LogP contribution < -0.4 is 5.73 Å². The van der Waals surface area contributed by atoms with Gasteiger partial charge in [0.05, 0.1) is 11.4 Å². The van der Waals surface area contributed by atoms with Crippen LogP contribution in [-0.4, -0.2) is 50.7 Å². The zero-order chi connectivity index (χ0) is 16.2. The second-order valence-electron chi connectivity index (χ2n) is 5.02. The van der Waals surface area contributed by atoms with Crippen LogP contribution in [0.3, 0.4) is 0 Å². The summed E-state index contributed by atoms with van der Waals surface area (Å²) in [5.74, 6) is -0.253. The van der Waals surface area contributed by atoms with Crippen LogP contribution in [0.2, 0.25) is 0 Å². The number of benzene rings is 1. The van der Waals surface area contributed by atoms with Crippen molar-refractivity contribution >= 4 is 15.9 Å². The summed E-state index contributed by atoms with van der Waals surface area (Å²) >= 11 is 0. The number of likely N-dealkylation sites (N-methyl/N-ethyl adjacent to an activating group) is 2. The fourth-order valence-electron chi connectivity index (χ4n) is 1.93. The van der Waals surface area contributed by atoms with Crippen molar-refractivity contribution in [3.63, 3.8) is 0 Å². The number of nitrogens with zero attached hydrogens (tertiary/aromatic N) is 2. The van der Waals surface area contributed by atoms with Crippen molar-refractivity contribution < 1.29 is 13.2 Å². The van der Waals surface area contributed by atoms with Gasteiger partial charge in [0.25, 0.3) is 0 Å². The van der Waals surface area contributed by atoms with Gasteiger partial charge in [-0.15, -0.1) is 0 Å². The van der Waals surface area contributed by atoms with Gasteiger partial charge < -0.3 is 10.6 Å². The number of hydrogen-bond acceptors (Lipinski definition) is 4. The van der Waals surface area contributed by atoms with Crippen LogP contribution in [0.4, 0.5) is 0 Å². The monoisotopic (exact) mass is 313 g/mol. The van der Waals surface area contributed by atoms with E-state index in [1.54, 1.807) is 46.1 Å². The van der Waals surface area contributed by atoms with Gasteiger partial charge in [-0.05, 0) is 24.1 Å². The van der Waals surface area contributed by atoms with Crippen molar-refractivity contribution in [2.45, 2.75) is 25.3 Å². The molecule has 0 spiro atoms. The number of nitrogens with two attached hydrogens (primary N) is 1. The standard InChI is InChI=1S/C14H23N3O3S/c1-5-17(10-14(18)16(3)4)21(19,20)13-7-6-12(9-15)8-11(13)2/h6-8H,5,9-10,15H2,1-4H3. The lowest BCUT2D eigenvalue weighted by molar-refractivity contribution is -0.128. The van der Waals surface area contributed by atoms with Gasteiger partial charge in [-0.2, -0.15) is 4.31 Å². The SMILES string of the molecule is CCN(CC(=O)N(C)C)S(=O)(=O)c1ccc(CN)cc1C. The Morgan fingerprint density at radius 3 is 2.33 bits per heavy atom. The number of sulfonamides is 1. The molecule has 2 N–H and O–H groups in total. The molecule has 118 valence electrons. The Labute approximate surface area is 126 Å². The van der Waals surface area contributed by atoms with E-state index in [1.807, 2.05) is 0 Å². The van der Waals surface area contributed by atoms with E-state index >= 15 is 0 Å². The van der Waals surface area contributed by atoms with Gasteiger partial charge in [-0.3, -0.25) is 4.79 Å². The molecule has 1 amide bonds. The van der Waals surface area contributed by atoms with Crippen molar-refractivity contribution in [2.75, 3.05) is 27.2 Å². The smallest absolute Gasteiger partial charge is 0.243 e. The molecule has 0 atom stereocenters. The van der Waals surface area contributed by atoms with Gasteiger partial charge in [0.15, 0.2) is 0 Å². The number of hydrogen-bond donors (Lipinski definition) is 1. The molecule has 0 saturated carbocycles. The number of carbonyl (C=O) groups excluding carboxylic acids is 1. The van der Waals surface area contributed by atoms with Crippen molar-refractivity contribution in [1.82, 2.24) is 9.21 Å². The predicted octanol–water partition coefficient (Wildman–Crippen LogP) is 0.553. The molecule has 0 aliphatic rings. The van der Waals surface area contributed by atoms with Gasteiger partial charge in [0, 0.05) is 27.2 Å². The number of rotatable bonds is 6. The van der Waals surface area contributed by atoms with E-state index in [9.17, 15) is 13.2 Å². The molecule has 7 heteroatoms. The molecule has 0 aliphatic heterocycles. The molecule has 6 nitrogen and oxygen atoms in total. The summed E-state index contributed by atoms with van der Waals surface area (Å²) in [4.78, 5) is 13.4. The molecule has 0 aliphatic carbocycles. The lowest BCUT2D eigenvalue weighted by atomic mass is 10.1. The molecule has 0 radical (unpaired) electrons. The zero-order valence-electron chi connectivity index (χ0n) is 13.0. The summed E-state index contributed by atoms with van der Waals surface area (Å²) in [5.41, 5.74) is 7.06. The zero-order valence-corrected chi connectivity index (χ0v) is 13.8. The van der Waals surface area contributed by atoms with E-state index in [2.05, 4.69) is 0 Å². The van der Waals surface area contributed by atoms with E-state index in [1.165, 1.54) is 9.21 Å². The minimum absolute atomic E-state index is 0.163. The molecule has 1 aromatic rings. The average molecular weight is 313 g/mol. The number of aryl methyl sites for hydroxylation is 1. The summed E-state index contributed by atoms with van der Waals surface area (Å²) in [6.45, 7) is 3.87. The summed E-state index contributed by atoms with van der Waals surface area (Å²) < 4.78 is 26.5. The molecule has 0 aromatic heterocycles. The molecule has 0 unspecified atom stereocenters. The Bertz CT molecular complexity index is 612. The third kappa shape index (κ3) is 4.03. The van der Waals surface area contributed by atoms with Crippen LogP contribution in [0.25, 0.3) is 0 Å². The van der Waals surface area contributed by atoms with E-state index in [0.29, 0.717) is 12.1 Å². The van der Waals surface area contributed by atoms with Gasteiger partial charge in [0.1, 0.15) is 0 Å². The van der Waals surface area contributed by atoms with Crippen LogP contribution >= 0.6 is 0 Å². The van der Waals surface area contributed by atoms with Crippen molar-refractivity contribution in [1.29, 1.82) is 0 Å². The van der Waals surface area contributed by atoms with Crippen molar-refractivity contribution in [3.05, 3.63) is 29.3 Å². The van der Waals surface area contributed by atoms with Crippen LogP contribution in [0, 0.1) is 6.92 Å². The van der Waals surface area contributed by atoms with Crippen LogP contribution in [-0.2, 0) is 21.4 Å². The van der Waals surface area contributed by atoms with Crippen LogP contribution in [0.5, 0.6) is 0 Å². The first-order chi connectivity index (χ1) is 9.73. The Kier molecular flexibility index (Phi) is 5.88. The quantitative estimate of drug-likeness (QED) is 0.831. The third-order valence-corrected chi connectivity index (χ3v) is 5.34. The highest BCUT2D eigenvalue weighted by Gasteiger charge is 2.27. The average Bonchev–Trinajstić information content (AvgIpc) is 2.43. The topological polar surface area (TPSA) is 83.7 Å². The third-order valence-electron chi connectivity index (χ3n) is 3.26. The van der Waals surface area contributed by atoms with E-state index in [-0.39, 0.29) is 23.9 Å². The van der Waals surface area contributed by atoms with Gasteiger partial charge in [0.2, 0.25) is 15.9 Å². The Morgan fingerprint density at radius 2 is 1.90 bits per heavy atom. The first-order valence-corrected chi connectivity index (χ1v) is 8.18. The Morgan fingerprint density at radius 1 is 1.29 bits per heavy atom. The van der Waals surface area contributed by atoms with Gasteiger partial charge in [-0.25, -0.2) is 8.42 Å². The summed E-state index contributed by atoms with van der Waals surface area (Å²) in [7, 11) is -0.488. The maximum Gasteiger partial charge on any atom is 0.243 e. The maximum absolute atomic E-state index is 12.7. The second-order valence-corrected chi connectivity index (χ2v) is 6.93. The molecular weight excluding hydrogens is 290 g/mol. The van der Waals surface area contributed by atoms with Gasteiger partial charge >= 0.3 is 0 Å². The maximum atomic E-state index is 12.7.